The minimum absolute atomic E-state index is 0.169. The Morgan fingerprint density at radius 3 is 2.36 bits per heavy atom. The second-order valence-corrected chi connectivity index (χ2v) is 3.67. The van der Waals surface area contributed by atoms with Crippen molar-refractivity contribution in [1.29, 1.82) is 0 Å². The number of allylic oxidation sites excluding steroid dienone is 2. The van der Waals surface area contributed by atoms with E-state index in [2.05, 4.69) is 6.58 Å². The number of hydrogen-bond acceptors (Lipinski definition) is 2. The predicted octanol–water partition coefficient (Wildman–Crippen LogP) is 3.10. The third-order valence-electron chi connectivity index (χ3n) is 1.93. The van der Waals surface area contributed by atoms with Gasteiger partial charge in [0.25, 0.3) is 0 Å². The third kappa shape index (κ3) is 4.85. The van der Waals surface area contributed by atoms with Crippen LogP contribution < -0.4 is 0 Å². The molecule has 0 radical (unpaired) electrons. The maximum absolute atomic E-state index is 11.5. The molecule has 0 aromatic heterocycles. The highest BCUT2D eigenvalue weighted by molar-refractivity contribution is 5.75. The summed E-state index contributed by atoms with van der Waals surface area (Å²) >= 11 is 0. The molecule has 1 atom stereocenters. The Balaban J connectivity index is 4.37. The van der Waals surface area contributed by atoms with Gasteiger partial charge in [-0.1, -0.05) is 23.8 Å². The highest BCUT2D eigenvalue weighted by Gasteiger charge is 2.18. The lowest BCUT2D eigenvalue weighted by Gasteiger charge is -2.13. The van der Waals surface area contributed by atoms with Gasteiger partial charge in [0.2, 0.25) is 0 Å². The first kappa shape index (κ1) is 12.9. The fourth-order valence-electron chi connectivity index (χ4n) is 1.09. The summed E-state index contributed by atoms with van der Waals surface area (Å²) in [6, 6.07) is 0. The minimum atomic E-state index is -0.190. The van der Waals surface area contributed by atoms with E-state index in [-0.39, 0.29) is 11.9 Å². The van der Waals surface area contributed by atoms with Crippen LogP contribution in [0.3, 0.4) is 0 Å². The molecule has 0 amide bonds. The van der Waals surface area contributed by atoms with Crippen LogP contribution in [0.2, 0.25) is 0 Å². The molecule has 0 fully saturated rings. The van der Waals surface area contributed by atoms with Crippen molar-refractivity contribution < 1.29 is 9.53 Å². The van der Waals surface area contributed by atoms with Crippen molar-refractivity contribution in [3.63, 3.8) is 0 Å². The molecule has 1 unspecified atom stereocenters. The Bertz CT molecular complexity index is 235. The standard InChI is InChI=1S/C12H20O2/c1-6-14-12(13)11(10(4)5)8-7-9(2)3/h7,11H,4,6,8H2,1-3,5H3. The number of carbonyl (C=O) groups excluding carboxylic acids is 1. The van der Waals surface area contributed by atoms with Crippen molar-refractivity contribution in [1.82, 2.24) is 0 Å². The van der Waals surface area contributed by atoms with Crippen molar-refractivity contribution >= 4 is 5.97 Å². The summed E-state index contributed by atoms with van der Waals surface area (Å²) in [5.74, 6) is -0.359. The molecule has 0 saturated carbocycles. The van der Waals surface area contributed by atoms with Crippen LogP contribution in [-0.2, 0) is 9.53 Å². The van der Waals surface area contributed by atoms with Crippen molar-refractivity contribution in [3.05, 3.63) is 23.8 Å². The Hall–Kier alpha value is -1.05. The molecule has 0 aromatic rings. The largest absolute Gasteiger partial charge is 0.466 e. The van der Waals surface area contributed by atoms with Crippen LogP contribution >= 0.6 is 0 Å². The van der Waals surface area contributed by atoms with E-state index in [4.69, 9.17) is 4.74 Å². The van der Waals surface area contributed by atoms with Crippen LogP contribution in [0.5, 0.6) is 0 Å². The molecular weight excluding hydrogens is 176 g/mol. The molecule has 0 bridgehead atoms. The van der Waals surface area contributed by atoms with E-state index >= 15 is 0 Å². The Morgan fingerprint density at radius 1 is 1.43 bits per heavy atom. The second kappa shape index (κ2) is 6.41. The molecule has 0 aliphatic heterocycles. The van der Waals surface area contributed by atoms with Gasteiger partial charge in [-0.05, 0) is 34.1 Å². The molecule has 0 aliphatic rings. The minimum Gasteiger partial charge on any atom is -0.466 e. The molecule has 0 aliphatic carbocycles. The normalized spacial score (nSPS) is 11.7. The highest BCUT2D eigenvalue weighted by atomic mass is 16.5. The zero-order valence-electron chi connectivity index (χ0n) is 9.59. The lowest BCUT2D eigenvalue weighted by atomic mass is 9.97. The molecular formula is C12H20O2. The average molecular weight is 196 g/mol. The van der Waals surface area contributed by atoms with Gasteiger partial charge in [-0.2, -0.15) is 0 Å². The lowest BCUT2D eigenvalue weighted by Crippen LogP contribution is -2.18. The molecule has 80 valence electrons. The van der Waals surface area contributed by atoms with E-state index in [9.17, 15) is 4.79 Å². The van der Waals surface area contributed by atoms with E-state index < -0.39 is 0 Å². The maximum atomic E-state index is 11.5. The van der Waals surface area contributed by atoms with Crippen molar-refractivity contribution in [2.45, 2.75) is 34.1 Å². The van der Waals surface area contributed by atoms with E-state index in [0.29, 0.717) is 13.0 Å². The Kier molecular flexibility index (Phi) is 5.93. The summed E-state index contributed by atoms with van der Waals surface area (Å²) in [4.78, 5) is 11.5. The zero-order chi connectivity index (χ0) is 11.1. The van der Waals surface area contributed by atoms with Gasteiger partial charge in [0.1, 0.15) is 0 Å². The summed E-state index contributed by atoms with van der Waals surface area (Å²) in [6.45, 7) is 11.9. The van der Waals surface area contributed by atoms with Crippen LogP contribution in [-0.4, -0.2) is 12.6 Å². The van der Waals surface area contributed by atoms with Crippen LogP contribution in [0.15, 0.2) is 23.8 Å². The molecule has 0 N–H and O–H groups in total. The van der Waals surface area contributed by atoms with Crippen molar-refractivity contribution in [2.75, 3.05) is 6.61 Å². The van der Waals surface area contributed by atoms with E-state index in [1.54, 1.807) is 0 Å². The van der Waals surface area contributed by atoms with Gasteiger partial charge in [0.05, 0.1) is 12.5 Å². The predicted molar refractivity (Wildman–Crippen MR) is 59.0 cm³/mol. The number of rotatable bonds is 5. The molecule has 0 saturated heterocycles. The first-order chi connectivity index (χ1) is 6.49. The second-order valence-electron chi connectivity index (χ2n) is 3.67. The molecule has 14 heavy (non-hydrogen) atoms. The average Bonchev–Trinajstić information content (AvgIpc) is 2.03. The summed E-state index contributed by atoms with van der Waals surface area (Å²) in [5.41, 5.74) is 2.07. The van der Waals surface area contributed by atoms with Gasteiger partial charge in [0.15, 0.2) is 0 Å². The number of ether oxygens (including phenoxy) is 1. The summed E-state index contributed by atoms with van der Waals surface area (Å²) in [5, 5.41) is 0. The maximum Gasteiger partial charge on any atom is 0.313 e. The Labute approximate surface area is 86.6 Å². The molecule has 2 nitrogen and oxygen atoms in total. The van der Waals surface area contributed by atoms with Crippen molar-refractivity contribution in [2.24, 2.45) is 5.92 Å². The molecule has 0 rings (SSSR count). The van der Waals surface area contributed by atoms with E-state index in [1.807, 2.05) is 33.8 Å². The van der Waals surface area contributed by atoms with Crippen LogP contribution in [0.4, 0.5) is 0 Å². The van der Waals surface area contributed by atoms with Gasteiger partial charge >= 0.3 is 5.97 Å². The number of carbonyl (C=O) groups is 1. The first-order valence-electron chi connectivity index (χ1n) is 4.94. The van der Waals surface area contributed by atoms with Crippen LogP contribution in [0.1, 0.15) is 34.1 Å². The first-order valence-corrected chi connectivity index (χ1v) is 4.94. The third-order valence-corrected chi connectivity index (χ3v) is 1.93. The fourth-order valence-corrected chi connectivity index (χ4v) is 1.09. The van der Waals surface area contributed by atoms with E-state index in [0.717, 1.165) is 5.57 Å². The zero-order valence-corrected chi connectivity index (χ0v) is 9.59. The highest BCUT2D eigenvalue weighted by Crippen LogP contribution is 2.16. The van der Waals surface area contributed by atoms with E-state index in [1.165, 1.54) is 5.57 Å². The van der Waals surface area contributed by atoms with Crippen LogP contribution in [0, 0.1) is 5.92 Å². The SMILES string of the molecule is C=C(C)C(CC=C(C)C)C(=O)OCC. The van der Waals surface area contributed by atoms with Gasteiger partial charge in [-0.15, -0.1) is 0 Å². The molecule has 0 spiro atoms. The lowest BCUT2D eigenvalue weighted by molar-refractivity contribution is -0.146. The van der Waals surface area contributed by atoms with Crippen LogP contribution in [0.25, 0.3) is 0 Å². The fraction of sp³-hybridized carbons (Fsp3) is 0.583. The monoisotopic (exact) mass is 196 g/mol. The summed E-state index contributed by atoms with van der Waals surface area (Å²) in [7, 11) is 0. The molecule has 0 aromatic carbocycles. The smallest absolute Gasteiger partial charge is 0.313 e. The quantitative estimate of drug-likeness (QED) is 0.499. The summed E-state index contributed by atoms with van der Waals surface area (Å²) in [6.07, 6.45) is 2.73. The van der Waals surface area contributed by atoms with Gasteiger partial charge < -0.3 is 4.74 Å². The number of esters is 1. The number of hydrogen-bond donors (Lipinski definition) is 0. The van der Waals surface area contributed by atoms with Gasteiger partial charge in [0, 0.05) is 0 Å². The van der Waals surface area contributed by atoms with Gasteiger partial charge in [-0.25, -0.2) is 0 Å². The Morgan fingerprint density at radius 2 is 2.00 bits per heavy atom. The molecule has 2 heteroatoms. The van der Waals surface area contributed by atoms with Gasteiger partial charge in [-0.3, -0.25) is 4.79 Å². The topological polar surface area (TPSA) is 26.3 Å². The summed E-state index contributed by atoms with van der Waals surface area (Å²) < 4.78 is 4.97. The molecule has 0 heterocycles. The van der Waals surface area contributed by atoms with Crippen molar-refractivity contribution in [3.8, 4) is 0 Å².